The number of ether oxygens (including phenoxy) is 2. The van der Waals surface area contributed by atoms with E-state index in [2.05, 4.69) is 18.5 Å². The molecule has 0 aromatic heterocycles. The van der Waals surface area contributed by atoms with Crippen molar-refractivity contribution in [1.29, 1.82) is 0 Å². The first-order valence-corrected chi connectivity index (χ1v) is 12.5. The molecule has 1 unspecified atom stereocenters. The van der Waals surface area contributed by atoms with Crippen LogP contribution in [0.2, 0.25) is 0 Å². The van der Waals surface area contributed by atoms with Crippen LogP contribution in [-0.2, 0) is 19.7 Å². The summed E-state index contributed by atoms with van der Waals surface area (Å²) in [7, 11) is 1.58. The van der Waals surface area contributed by atoms with E-state index in [4.69, 9.17) is 9.47 Å². The third-order valence-corrected chi connectivity index (χ3v) is 8.08. The van der Waals surface area contributed by atoms with E-state index in [9.17, 15) is 14.4 Å². The molecule has 0 radical (unpaired) electrons. The number of hydrogen-bond acceptors (Lipinski definition) is 5. The van der Waals surface area contributed by atoms with Crippen LogP contribution in [0.25, 0.3) is 6.08 Å². The number of carbonyl (C=O) groups excluding carboxylic acids is 3. The van der Waals surface area contributed by atoms with Gasteiger partial charge >= 0.3 is 6.09 Å². The van der Waals surface area contributed by atoms with Gasteiger partial charge in [0.05, 0.1) is 12.8 Å². The van der Waals surface area contributed by atoms with Gasteiger partial charge in [-0.15, -0.1) is 6.58 Å². The molecular formula is C30H31N3O5. The first-order valence-electron chi connectivity index (χ1n) is 12.5. The lowest BCUT2D eigenvalue weighted by molar-refractivity contribution is -0.142. The van der Waals surface area contributed by atoms with Crippen LogP contribution in [0.3, 0.4) is 0 Å². The SMILES string of the molecule is C=CCOC(=O)N1c2ccccc2[C@]2(C(C)(C)C=C)CC3C(=O)N/C(=C\c4ccc(OC)cc4)C(=O)N3[C@H]12. The molecule has 2 saturated heterocycles. The zero-order valence-corrected chi connectivity index (χ0v) is 21.8. The Hall–Kier alpha value is -4.33. The van der Waals surface area contributed by atoms with Gasteiger partial charge in [0.2, 0.25) is 5.91 Å². The van der Waals surface area contributed by atoms with Crippen LogP contribution in [0, 0.1) is 5.41 Å². The summed E-state index contributed by atoms with van der Waals surface area (Å²) < 4.78 is 10.7. The number of nitrogens with zero attached hydrogens (tertiary/aromatic N) is 2. The normalized spacial score (nSPS) is 24.9. The minimum atomic E-state index is -0.800. The maximum absolute atomic E-state index is 14.1. The lowest BCUT2D eigenvalue weighted by Crippen LogP contribution is -2.62. The van der Waals surface area contributed by atoms with Crippen molar-refractivity contribution >= 4 is 29.7 Å². The van der Waals surface area contributed by atoms with Crippen molar-refractivity contribution in [2.45, 2.75) is 37.9 Å². The lowest BCUT2D eigenvalue weighted by Gasteiger charge is -2.45. The summed E-state index contributed by atoms with van der Waals surface area (Å²) in [6, 6.07) is 14.0. The number of nitrogens with one attached hydrogen (secondary N) is 1. The van der Waals surface area contributed by atoms with Gasteiger partial charge in [-0.2, -0.15) is 0 Å². The van der Waals surface area contributed by atoms with Crippen LogP contribution in [0.15, 0.2) is 79.5 Å². The van der Waals surface area contributed by atoms with Gasteiger partial charge in [-0.3, -0.25) is 14.5 Å². The van der Waals surface area contributed by atoms with Crippen molar-refractivity contribution in [2.75, 3.05) is 18.6 Å². The van der Waals surface area contributed by atoms with E-state index in [0.717, 1.165) is 11.1 Å². The molecule has 2 fully saturated rings. The highest BCUT2D eigenvalue weighted by Gasteiger charge is 2.70. The predicted molar refractivity (Wildman–Crippen MR) is 144 cm³/mol. The average Bonchev–Trinajstić information content (AvgIpc) is 3.43. The Bertz CT molecular complexity index is 1360. The molecule has 3 aliphatic heterocycles. The third-order valence-electron chi connectivity index (χ3n) is 8.08. The summed E-state index contributed by atoms with van der Waals surface area (Å²) in [5, 5.41) is 2.82. The highest BCUT2D eigenvalue weighted by molar-refractivity contribution is 6.09. The van der Waals surface area contributed by atoms with Crippen LogP contribution in [0.4, 0.5) is 10.5 Å². The molecule has 0 aliphatic carbocycles. The molecule has 8 nitrogen and oxygen atoms in total. The molecule has 3 heterocycles. The summed E-state index contributed by atoms with van der Waals surface area (Å²) >= 11 is 0. The van der Waals surface area contributed by atoms with Gasteiger partial charge in [0.1, 0.15) is 30.3 Å². The predicted octanol–water partition coefficient (Wildman–Crippen LogP) is 4.39. The van der Waals surface area contributed by atoms with Crippen molar-refractivity contribution in [3.05, 3.63) is 90.7 Å². The third kappa shape index (κ3) is 3.55. The van der Waals surface area contributed by atoms with Crippen molar-refractivity contribution in [3.63, 3.8) is 0 Å². The average molecular weight is 514 g/mol. The molecule has 196 valence electrons. The molecule has 0 spiro atoms. The number of allylic oxidation sites excluding steroid dienone is 1. The van der Waals surface area contributed by atoms with Crippen molar-refractivity contribution in [1.82, 2.24) is 10.2 Å². The Morgan fingerprint density at radius 1 is 1.16 bits per heavy atom. The van der Waals surface area contributed by atoms with Gasteiger partial charge in [-0.05, 0) is 47.2 Å². The molecule has 1 N–H and O–H groups in total. The molecule has 8 heteroatoms. The molecule has 38 heavy (non-hydrogen) atoms. The molecule has 3 amide bonds. The minimum Gasteiger partial charge on any atom is -0.497 e. The summed E-state index contributed by atoms with van der Waals surface area (Å²) in [5.41, 5.74) is 0.992. The van der Waals surface area contributed by atoms with Crippen LogP contribution in [0.1, 0.15) is 31.4 Å². The van der Waals surface area contributed by atoms with Crippen LogP contribution >= 0.6 is 0 Å². The van der Waals surface area contributed by atoms with Gasteiger partial charge in [0.25, 0.3) is 5.91 Å². The fourth-order valence-corrected chi connectivity index (χ4v) is 6.07. The smallest absolute Gasteiger partial charge is 0.416 e. The second kappa shape index (κ2) is 9.20. The Morgan fingerprint density at radius 3 is 2.53 bits per heavy atom. The van der Waals surface area contributed by atoms with Gasteiger partial charge in [0, 0.05) is 5.41 Å². The van der Waals surface area contributed by atoms with E-state index >= 15 is 0 Å². The van der Waals surface area contributed by atoms with Gasteiger partial charge in [-0.1, -0.05) is 62.9 Å². The zero-order chi connectivity index (χ0) is 27.2. The molecule has 3 aliphatic rings. The van der Waals surface area contributed by atoms with E-state index in [-0.39, 0.29) is 24.1 Å². The van der Waals surface area contributed by atoms with E-state index in [0.29, 0.717) is 17.9 Å². The van der Waals surface area contributed by atoms with Gasteiger partial charge in [-0.25, -0.2) is 4.79 Å². The number of hydrogen-bond donors (Lipinski definition) is 1. The maximum Gasteiger partial charge on any atom is 0.416 e. The lowest BCUT2D eigenvalue weighted by atomic mass is 9.60. The molecule has 0 bridgehead atoms. The molecule has 3 atom stereocenters. The Morgan fingerprint density at radius 2 is 1.87 bits per heavy atom. The number of carbonyl (C=O) groups is 3. The van der Waals surface area contributed by atoms with Crippen LogP contribution < -0.4 is 15.0 Å². The largest absolute Gasteiger partial charge is 0.497 e. The standard InChI is InChI=1S/C30H31N3O5/c1-6-16-38-28(36)33-23-11-9-8-10-21(23)30(29(3,4)7-2)18-24-25(34)31-22(26(35)32(24)27(30)33)17-19-12-14-20(37-5)15-13-19/h6-15,17,24,27H,1-2,16,18H2,3-5H3,(H,31,34)/b22-17-/t24?,27-,30-/m1/s1. The Balaban J connectivity index is 1.67. The van der Waals surface area contributed by atoms with Crippen molar-refractivity contribution in [2.24, 2.45) is 5.41 Å². The highest BCUT2D eigenvalue weighted by Crippen LogP contribution is 2.62. The maximum atomic E-state index is 14.1. The molecule has 2 aromatic rings. The zero-order valence-electron chi connectivity index (χ0n) is 21.8. The molecule has 5 rings (SSSR count). The number of benzene rings is 2. The Kier molecular flexibility index (Phi) is 6.13. The second-order valence-electron chi connectivity index (χ2n) is 10.3. The molecular weight excluding hydrogens is 482 g/mol. The minimum absolute atomic E-state index is 0.0164. The van der Waals surface area contributed by atoms with E-state index < -0.39 is 29.1 Å². The number of rotatable bonds is 6. The number of amides is 3. The summed E-state index contributed by atoms with van der Waals surface area (Å²) in [6.07, 6.45) is 3.89. The Labute approximate surface area is 222 Å². The number of methoxy groups -OCH3 is 1. The van der Waals surface area contributed by atoms with Crippen molar-refractivity contribution in [3.8, 4) is 5.75 Å². The van der Waals surface area contributed by atoms with E-state index in [1.807, 2.05) is 44.2 Å². The van der Waals surface area contributed by atoms with E-state index in [1.165, 1.54) is 11.0 Å². The number of fused-ring (bicyclic) bond motifs is 5. The highest BCUT2D eigenvalue weighted by atomic mass is 16.6. The summed E-state index contributed by atoms with van der Waals surface area (Å²) in [4.78, 5) is 44.2. The van der Waals surface area contributed by atoms with Crippen LogP contribution in [-0.4, -0.2) is 48.7 Å². The quantitative estimate of drug-likeness (QED) is 0.457. The number of piperazine rings is 1. The summed E-state index contributed by atoms with van der Waals surface area (Å²) in [6.45, 7) is 11.8. The van der Waals surface area contributed by atoms with Crippen LogP contribution in [0.5, 0.6) is 5.75 Å². The first kappa shape index (κ1) is 25.3. The first-order chi connectivity index (χ1) is 18.2. The van der Waals surface area contributed by atoms with E-state index in [1.54, 1.807) is 42.4 Å². The van der Waals surface area contributed by atoms with Gasteiger partial charge < -0.3 is 19.7 Å². The fraction of sp³-hybridized carbons (Fsp3) is 0.300. The molecule has 2 aromatic carbocycles. The van der Waals surface area contributed by atoms with Gasteiger partial charge in [0.15, 0.2) is 0 Å². The number of para-hydroxylation sites is 1. The van der Waals surface area contributed by atoms with Crippen molar-refractivity contribution < 1.29 is 23.9 Å². The number of anilines is 1. The fourth-order valence-electron chi connectivity index (χ4n) is 6.07. The molecule has 0 saturated carbocycles. The second-order valence-corrected chi connectivity index (χ2v) is 10.3. The summed E-state index contributed by atoms with van der Waals surface area (Å²) in [5.74, 6) is 0.0148. The monoisotopic (exact) mass is 513 g/mol. The topological polar surface area (TPSA) is 88.2 Å².